The molecule has 0 spiro atoms. The molecule has 2 N–H and O–H groups in total. The number of carboxylic acids is 1. The summed E-state index contributed by atoms with van der Waals surface area (Å²) in [6.45, 7) is 0. The van der Waals surface area contributed by atoms with Gasteiger partial charge in [-0.15, -0.1) is 0 Å². The van der Waals surface area contributed by atoms with Crippen molar-refractivity contribution in [2.75, 3.05) is 0 Å². The summed E-state index contributed by atoms with van der Waals surface area (Å²) in [6, 6.07) is 9.52. The molecule has 0 saturated carbocycles. The van der Waals surface area contributed by atoms with Crippen LogP contribution in [0.2, 0.25) is 5.02 Å². The largest absolute Gasteiger partial charge is 0.478 e. The first-order valence-corrected chi connectivity index (χ1v) is 7.08. The summed E-state index contributed by atoms with van der Waals surface area (Å²) in [5.74, 6) is -1.05. The normalized spacial score (nSPS) is 11.0. The molecule has 0 unspecified atom stereocenters. The number of aromatic carboxylic acids is 1. The fourth-order valence-corrected chi connectivity index (χ4v) is 2.60. The lowest BCUT2D eigenvalue weighted by Gasteiger charge is -2.05. The van der Waals surface area contributed by atoms with Crippen molar-refractivity contribution >= 4 is 44.5 Å². The van der Waals surface area contributed by atoms with Gasteiger partial charge in [-0.3, -0.25) is 4.57 Å². The van der Waals surface area contributed by atoms with Gasteiger partial charge in [0.25, 0.3) is 0 Å². The molecule has 7 heteroatoms. The van der Waals surface area contributed by atoms with Gasteiger partial charge in [0.15, 0.2) is 0 Å². The highest BCUT2D eigenvalue weighted by atomic mass is 79.9. The second kappa shape index (κ2) is 5.05. The molecule has 0 saturated heterocycles. The number of fused-ring (bicyclic) bond motifs is 1. The Morgan fingerprint density at radius 2 is 2.00 bits per heavy atom. The van der Waals surface area contributed by atoms with Gasteiger partial charge >= 0.3 is 11.7 Å². The van der Waals surface area contributed by atoms with Gasteiger partial charge in [0.05, 0.1) is 27.3 Å². The van der Waals surface area contributed by atoms with Crippen LogP contribution < -0.4 is 5.69 Å². The Morgan fingerprint density at radius 3 is 2.67 bits per heavy atom. The molecule has 3 aromatic rings. The average molecular weight is 368 g/mol. The van der Waals surface area contributed by atoms with Crippen LogP contribution in [0, 0.1) is 0 Å². The van der Waals surface area contributed by atoms with Crippen LogP contribution in [0.25, 0.3) is 16.7 Å². The zero-order chi connectivity index (χ0) is 15.1. The number of hydrogen-bond acceptors (Lipinski definition) is 2. The summed E-state index contributed by atoms with van der Waals surface area (Å²) in [7, 11) is 0. The Labute approximate surface area is 131 Å². The quantitative estimate of drug-likeness (QED) is 0.728. The maximum absolute atomic E-state index is 12.1. The number of H-pyrrole nitrogens is 1. The van der Waals surface area contributed by atoms with Crippen molar-refractivity contribution < 1.29 is 9.90 Å². The summed E-state index contributed by atoms with van der Waals surface area (Å²) in [6.07, 6.45) is 0. The van der Waals surface area contributed by atoms with E-state index in [-0.39, 0.29) is 11.3 Å². The molecule has 1 aromatic heterocycles. The zero-order valence-electron chi connectivity index (χ0n) is 10.4. The lowest BCUT2D eigenvalue weighted by molar-refractivity contribution is 0.0697. The van der Waals surface area contributed by atoms with Crippen molar-refractivity contribution in [1.82, 2.24) is 9.55 Å². The number of imidazole rings is 1. The Morgan fingerprint density at radius 1 is 1.24 bits per heavy atom. The van der Waals surface area contributed by atoms with Crippen LogP contribution in [-0.2, 0) is 0 Å². The first kappa shape index (κ1) is 13.9. The van der Waals surface area contributed by atoms with Crippen molar-refractivity contribution in [2.24, 2.45) is 0 Å². The lowest BCUT2D eigenvalue weighted by Crippen LogP contribution is -2.14. The molecular formula is C14H8BrClN2O3. The number of carboxylic acid groups (broad SMARTS) is 1. The SMILES string of the molecule is O=C(O)c1ccc2[nH]c(=O)n(-c3ccc(Cl)c(Br)c3)c2c1. The van der Waals surface area contributed by atoms with Crippen LogP contribution in [0.3, 0.4) is 0 Å². The number of benzene rings is 2. The smallest absolute Gasteiger partial charge is 0.335 e. The molecule has 0 bridgehead atoms. The average Bonchev–Trinajstić information content (AvgIpc) is 2.77. The van der Waals surface area contributed by atoms with E-state index in [1.54, 1.807) is 24.3 Å². The summed E-state index contributed by atoms with van der Waals surface area (Å²) < 4.78 is 2.06. The number of nitrogens with zero attached hydrogens (tertiary/aromatic N) is 1. The first-order chi connectivity index (χ1) is 9.97. The third kappa shape index (κ3) is 2.36. The van der Waals surface area contributed by atoms with Crippen molar-refractivity contribution in [3.8, 4) is 5.69 Å². The number of nitrogens with one attached hydrogen (secondary N) is 1. The van der Waals surface area contributed by atoms with Gasteiger partial charge in [-0.1, -0.05) is 11.6 Å². The molecule has 21 heavy (non-hydrogen) atoms. The highest BCUT2D eigenvalue weighted by Crippen LogP contribution is 2.26. The number of aromatic nitrogens is 2. The minimum atomic E-state index is -1.05. The van der Waals surface area contributed by atoms with Crippen molar-refractivity contribution in [1.29, 1.82) is 0 Å². The third-order valence-electron chi connectivity index (χ3n) is 3.09. The fraction of sp³-hybridized carbons (Fsp3) is 0. The first-order valence-electron chi connectivity index (χ1n) is 5.91. The van der Waals surface area contributed by atoms with Gasteiger partial charge in [-0.2, -0.15) is 0 Å². The van der Waals surface area contributed by atoms with Gasteiger partial charge in [0.1, 0.15) is 0 Å². The van der Waals surface area contributed by atoms with E-state index in [0.29, 0.717) is 26.2 Å². The number of aromatic amines is 1. The molecule has 2 aromatic carbocycles. The molecule has 3 rings (SSSR count). The standard InChI is InChI=1S/C14H8BrClN2O3/c15-9-6-8(2-3-10(9)16)18-12-5-7(13(19)20)1-4-11(12)17-14(18)21/h1-6H,(H,17,21)(H,19,20). The number of rotatable bonds is 2. The van der Waals surface area contributed by atoms with E-state index < -0.39 is 5.97 Å². The fourth-order valence-electron chi connectivity index (χ4n) is 2.12. The van der Waals surface area contributed by atoms with Crippen LogP contribution in [0.5, 0.6) is 0 Å². The van der Waals surface area contributed by atoms with E-state index in [1.807, 2.05) is 0 Å². The second-order valence-electron chi connectivity index (χ2n) is 4.40. The van der Waals surface area contributed by atoms with Gasteiger partial charge < -0.3 is 10.1 Å². The molecule has 5 nitrogen and oxygen atoms in total. The molecule has 0 radical (unpaired) electrons. The summed E-state index contributed by atoms with van der Waals surface area (Å²) in [4.78, 5) is 25.9. The van der Waals surface area contributed by atoms with Crippen LogP contribution in [0.15, 0.2) is 45.7 Å². The Balaban J connectivity index is 2.32. The number of carbonyl (C=O) groups is 1. The molecule has 1 heterocycles. The third-order valence-corrected chi connectivity index (χ3v) is 4.31. The Kier molecular flexibility index (Phi) is 3.35. The van der Waals surface area contributed by atoms with Crippen molar-refractivity contribution in [2.45, 2.75) is 0 Å². The van der Waals surface area contributed by atoms with Gasteiger partial charge in [0, 0.05) is 4.47 Å². The monoisotopic (exact) mass is 366 g/mol. The number of halogens is 2. The van der Waals surface area contributed by atoms with E-state index in [2.05, 4.69) is 20.9 Å². The van der Waals surface area contributed by atoms with E-state index in [9.17, 15) is 9.59 Å². The zero-order valence-corrected chi connectivity index (χ0v) is 12.8. The van der Waals surface area contributed by atoms with Gasteiger partial charge in [-0.05, 0) is 52.3 Å². The minimum Gasteiger partial charge on any atom is -0.478 e. The molecule has 0 aliphatic heterocycles. The molecule has 0 aliphatic carbocycles. The molecule has 0 fully saturated rings. The van der Waals surface area contributed by atoms with E-state index in [0.717, 1.165) is 0 Å². The molecule has 0 aliphatic rings. The molecular weight excluding hydrogens is 360 g/mol. The van der Waals surface area contributed by atoms with Crippen LogP contribution in [0.1, 0.15) is 10.4 Å². The van der Waals surface area contributed by atoms with Gasteiger partial charge in [-0.25, -0.2) is 9.59 Å². The maximum atomic E-state index is 12.1. The second-order valence-corrected chi connectivity index (χ2v) is 5.66. The summed E-state index contributed by atoms with van der Waals surface area (Å²) in [5.41, 5.74) is 1.42. The highest BCUT2D eigenvalue weighted by molar-refractivity contribution is 9.10. The van der Waals surface area contributed by atoms with Crippen LogP contribution in [0.4, 0.5) is 0 Å². The molecule has 0 amide bonds. The topological polar surface area (TPSA) is 75.1 Å². The van der Waals surface area contributed by atoms with Crippen LogP contribution in [-0.4, -0.2) is 20.6 Å². The lowest BCUT2D eigenvalue weighted by atomic mass is 10.2. The van der Waals surface area contributed by atoms with Gasteiger partial charge in [0.2, 0.25) is 0 Å². The maximum Gasteiger partial charge on any atom is 0.335 e. The highest BCUT2D eigenvalue weighted by Gasteiger charge is 2.12. The summed E-state index contributed by atoms with van der Waals surface area (Å²) >= 11 is 9.25. The summed E-state index contributed by atoms with van der Waals surface area (Å²) in [5, 5.41) is 9.60. The predicted molar refractivity (Wildman–Crippen MR) is 83.6 cm³/mol. The molecule has 106 valence electrons. The van der Waals surface area contributed by atoms with Crippen molar-refractivity contribution in [3.05, 3.63) is 61.9 Å². The van der Waals surface area contributed by atoms with Crippen LogP contribution >= 0.6 is 27.5 Å². The van der Waals surface area contributed by atoms with E-state index in [1.165, 1.54) is 16.7 Å². The van der Waals surface area contributed by atoms with Crippen molar-refractivity contribution in [3.63, 3.8) is 0 Å². The number of hydrogen-bond donors (Lipinski definition) is 2. The van der Waals surface area contributed by atoms with E-state index in [4.69, 9.17) is 16.7 Å². The minimum absolute atomic E-state index is 0.114. The molecule has 0 atom stereocenters. The van der Waals surface area contributed by atoms with E-state index >= 15 is 0 Å². The Hall–Kier alpha value is -2.05. The Bertz CT molecular complexity index is 930. The predicted octanol–water partition coefficient (Wildman–Crippen LogP) is 3.43.